The van der Waals surface area contributed by atoms with Gasteiger partial charge in [-0.25, -0.2) is 0 Å². The molecule has 0 saturated carbocycles. The van der Waals surface area contributed by atoms with Crippen molar-refractivity contribution in [1.82, 2.24) is 10.3 Å². The van der Waals surface area contributed by atoms with E-state index in [1.165, 1.54) is 5.56 Å². The van der Waals surface area contributed by atoms with Crippen molar-refractivity contribution in [2.24, 2.45) is 0 Å². The van der Waals surface area contributed by atoms with Crippen LogP contribution >= 0.6 is 0 Å². The van der Waals surface area contributed by atoms with E-state index < -0.39 is 0 Å². The Balaban J connectivity index is 2.01. The Labute approximate surface area is 101 Å². The van der Waals surface area contributed by atoms with Gasteiger partial charge in [-0.05, 0) is 23.3 Å². The van der Waals surface area contributed by atoms with Crippen LogP contribution in [0.2, 0.25) is 0 Å². The fraction of sp³-hybridized carbons (Fsp3) is 0.143. The number of hydrogen-bond donors (Lipinski definition) is 1. The molecule has 1 aromatic carbocycles. The summed E-state index contributed by atoms with van der Waals surface area (Å²) in [6.45, 7) is 0.682. The van der Waals surface area contributed by atoms with Crippen molar-refractivity contribution in [3.8, 4) is 6.07 Å². The van der Waals surface area contributed by atoms with Crippen molar-refractivity contribution in [3.63, 3.8) is 0 Å². The number of pyridine rings is 1. The van der Waals surface area contributed by atoms with E-state index in [0.29, 0.717) is 6.54 Å². The predicted octanol–water partition coefficient (Wildman–Crippen LogP) is 2.44. The summed E-state index contributed by atoms with van der Waals surface area (Å²) >= 11 is 0. The predicted molar refractivity (Wildman–Crippen MR) is 65.9 cm³/mol. The van der Waals surface area contributed by atoms with E-state index in [1.807, 2.05) is 42.5 Å². The van der Waals surface area contributed by atoms with Gasteiger partial charge in [0, 0.05) is 18.9 Å². The van der Waals surface area contributed by atoms with Gasteiger partial charge in [-0.1, -0.05) is 30.3 Å². The van der Waals surface area contributed by atoms with E-state index in [2.05, 4.69) is 16.4 Å². The summed E-state index contributed by atoms with van der Waals surface area (Å²) < 4.78 is 0. The van der Waals surface area contributed by atoms with Crippen LogP contribution in [0.25, 0.3) is 0 Å². The molecule has 3 nitrogen and oxygen atoms in total. The first kappa shape index (κ1) is 11.3. The molecular weight excluding hydrogens is 210 g/mol. The standard InChI is InChI=1S/C14H13N3/c15-10-14(13-6-8-16-9-7-13)17-11-12-4-2-1-3-5-12/h1-9,14,17H,11H2. The van der Waals surface area contributed by atoms with Crippen molar-refractivity contribution in [1.29, 1.82) is 5.26 Å². The fourth-order valence-corrected chi connectivity index (χ4v) is 1.61. The minimum Gasteiger partial charge on any atom is -0.294 e. The SMILES string of the molecule is N#CC(NCc1ccccc1)c1ccncc1. The lowest BCUT2D eigenvalue weighted by Gasteiger charge is -2.11. The highest BCUT2D eigenvalue weighted by Crippen LogP contribution is 2.11. The molecule has 1 unspecified atom stereocenters. The number of nitriles is 1. The van der Waals surface area contributed by atoms with Gasteiger partial charge in [0.1, 0.15) is 6.04 Å². The number of nitrogens with zero attached hydrogens (tertiary/aromatic N) is 2. The highest BCUT2D eigenvalue weighted by Gasteiger charge is 2.08. The molecule has 3 heteroatoms. The fourth-order valence-electron chi connectivity index (χ4n) is 1.61. The zero-order valence-corrected chi connectivity index (χ0v) is 9.38. The van der Waals surface area contributed by atoms with Crippen LogP contribution < -0.4 is 5.32 Å². The second kappa shape index (κ2) is 5.78. The number of aromatic nitrogens is 1. The Bertz CT molecular complexity index is 488. The van der Waals surface area contributed by atoms with Gasteiger partial charge in [-0.15, -0.1) is 0 Å². The molecule has 0 saturated heterocycles. The summed E-state index contributed by atoms with van der Waals surface area (Å²) in [5.41, 5.74) is 2.11. The Morgan fingerprint density at radius 1 is 1.12 bits per heavy atom. The lowest BCUT2D eigenvalue weighted by Crippen LogP contribution is -2.19. The average molecular weight is 223 g/mol. The van der Waals surface area contributed by atoms with Gasteiger partial charge >= 0.3 is 0 Å². The van der Waals surface area contributed by atoms with Crippen LogP contribution in [0.1, 0.15) is 17.2 Å². The van der Waals surface area contributed by atoms with Crippen molar-refractivity contribution in [2.45, 2.75) is 12.6 Å². The minimum absolute atomic E-state index is 0.293. The van der Waals surface area contributed by atoms with Gasteiger partial charge in [0.2, 0.25) is 0 Å². The molecule has 0 aliphatic heterocycles. The summed E-state index contributed by atoms with van der Waals surface area (Å²) in [4.78, 5) is 3.94. The van der Waals surface area contributed by atoms with Crippen LogP contribution in [0, 0.1) is 11.3 Å². The minimum atomic E-state index is -0.293. The molecule has 0 aliphatic rings. The number of rotatable bonds is 4. The van der Waals surface area contributed by atoms with E-state index in [0.717, 1.165) is 5.56 Å². The van der Waals surface area contributed by atoms with Gasteiger partial charge in [-0.3, -0.25) is 10.3 Å². The Hall–Kier alpha value is -2.18. The van der Waals surface area contributed by atoms with Crippen LogP contribution in [0.5, 0.6) is 0 Å². The summed E-state index contributed by atoms with van der Waals surface area (Å²) in [6, 6.07) is 15.7. The molecule has 84 valence electrons. The molecule has 0 spiro atoms. The smallest absolute Gasteiger partial charge is 0.121 e. The monoisotopic (exact) mass is 223 g/mol. The molecule has 1 aromatic heterocycles. The van der Waals surface area contributed by atoms with E-state index >= 15 is 0 Å². The average Bonchev–Trinajstić information content (AvgIpc) is 2.42. The molecular formula is C14H13N3. The molecule has 0 aliphatic carbocycles. The maximum absolute atomic E-state index is 9.12. The van der Waals surface area contributed by atoms with E-state index in [-0.39, 0.29) is 6.04 Å². The molecule has 2 aromatic rings. The van der Waals surface area contributed by atoms with Gasteiger partial charge in [0.25, 0.3) is 0 Å². The highest BCUT2D eigenvalue weighted by molar-refractivity contribution is 5.22. The Morgan fingerprint density at radius 3 is 2.47 bits per heavy atom. The third-order valence-corrected chi connectivity index (χ3v) is 2.52. The first-order chi connectivity index (χ1) is 8.40. The molecule has 0 fully saturated rings. The Morgan fingerprint density at radius 2 is 1.82 bits per heavy atom. The molecule has 1 heterocycles. The van der Waals surface area contributed by atoms with Crippen LogP contribution in [0.15, 0.2) is 54.9 Å². The van der Waals surface area contributed by atoms with Crippen molar-refractivity contribution >= 4 is 0 Å². The van der Waals surface area contributed by atoms with Crippen molar-refractivity contribution < 1.29 is 0 Å². The zero-order chi connectivity index (χ0) is 11.9. The lowest BCUT2D eigenvalue weighted by atomic mass is 10.1. The Kier molecular flexibility index (Phi) is 3.85. The van der Waals surface area contributed by atoms with E-state index in [1.54, 1.807) is 12.4 Å². The van der Waals surface area contributed by atoms with Gasteiger partial charge in [0.05, 0.1) is 6.07 Å². The largest absolute Gasteiger partial charge is 0.294 e. The van der Waals surface area contributed by atoms with Gasteiger partial charge < -0.3 is 0 Å². The topological polar surface area (TPSA) is 48.7 Å². The molecule has 0 amide bonds. The second-order valence-electron chi connectivity index (χ2n) is 3.71. The van der Waals surface area contributed by atoms with Gasteiger partial charge in [-0.2, -0.15) is 5.26 Å². The number of nitrogens with one attached hydrogen (secondary N) is 1. The first-order valence-electron chi connectivity index (χ1n) is 5.47. The normalized spacial score (nSPS) is 11.7. The third kappa shape index (κ3) is 3.13. The van der Waals surface area contributed by atoms with Crippen LogP contribution in [-0.4, -0.2) is 4.98 Å². The second-order valence-corrected chi connectivity index (χ2v) is 3.71. The lowest BCUT2D eigenvalue weighted by molar-refractivity contribution is 0.630. The first-order valence-corrected chi connectivity index (χ1v) is 5.47. The van der Waals surface area contributed by atoms with Crippen LogP contribution in [0.3, 0.4) is 0 Å². The van der Waals surface area contributed by atoms with E-state index in [4.69, 9.17) is 5.26 Å². The maximum Gasteiger partial charge on any atom is 0.121 e. The molecule has 0 bridgehead atoms. The summed E-state index contributed by atoms with van der Waals surface area (Å²) in [7, 11) is 0. The summed E-state index contributed by atoms with van der Waals surface area (Å²) in [5.74, 6) is 0. The van der Waals surface area contributed by atoms with Crippen molar-refractivity contribution in [2.75, 3.05) is 0 Å². The number of hydrogen-bond acceptors (Lipinski definition) is 3. The van der Waals surface area contributed by atoms with Crippen LogP contribution in [0.4, 0.5) is 0 Å². The summed E-state index contributed by atoms with van der Waals surface area (Å²) in [5, 5.41) is 12.3. The molecule has 17 heavy (non-hydrogen) atoms. The molecule has 0 radical (unpaired) electrons. The van der Waals surface area contributed by atoms with Crippen LogP contribution in [-0.2, 0) is 6.54 Å². The third-order valence-electron chi connectivity index (χ3n) is 2.52. The highest BCUT2D eigenvalue weighted by atomic mass is 14.9. The summed E-state index contributed by atoms with van der Waals surface area (Å²) in [6.07, 6.45) is 3.40. The molecule has 1 N–H and O–H groups in total. The van der Waals surface area contributed by atoms with Crippen molar-refractivity contribution in [3.05, 3.63) is 66.0 Å². The zero-order valence-electron chi connectivity index (χ0n) is 9.38. The molecule has 2 rings (SSSR count). The van der Waals surface area contributed by atoms with E-state index in [9.17, 15) is 0 Å². The number of benzene rings is 1. The van der Waals surface area contributed by atoms with Gasteiger partial charge in [0.15, 0.2) is 0 Å². The quantitative estimate of drug-likeness (QED) is 0.866. The maximum atomic E-state index is 9.12. The molecule has 1 atom stereocenters.